The zero-order valence-corrected chi connectivity index (χ0v) is 17.0. The summed E-state index contributed by atoms with van der Waals surface area (Å²) in [6.07, 6.45) is 6.02. The SMILES string of the molecule is COc1cccc2c1CCCC2CN(C)CCc1ccc2c(c1)N(C)CC2. The number of rotatable bonds is 6. The Balaban J connectivity index is 1.38. The van der Waals surface area contributed by atoms with Crippen molar-refractivity contribution >= 4 is 5.69 Å². The molecule has 0 saturated heterocycles. The maximum atomic E-state index is 5.60. The molecule has 0 saturated carbocycles. The highest BCUT2D eigenvalue weighted by Gasteiger charge is 2.23. The van der Waals surface area contributed by atoms with Gasteiger partial charge in [0.25, 0.3) is 0 Å². The molecule has 27 heavy (non-hydrogen) atoms. The number of ether oxygens (including phenoxy) is 1. The predicted molar refractivity (Wildman–Crippen MR) is 113 cm³/mol. The molecule has 0 N–H and O–H groups in total. The highest BCUT2D eigenvalue weighted by molar-refractivity contribution is 5.59. The summed E-state index contributed by atoms with van der Waals surface area (Å²) in [6.45, 7) is 3.40. The monoisotopic (exact) mass is 364 g/mol. The van der Waals surface area contributed by atoms with E-state index in [-0.39, 0.29) is 0 Å². The van der Waals surface area contributed by atoms with Crippen LogP contribution in [-0.4, -0.2) is 45.7 Å². The average Bonchev–Trinajstić information content (AvgIpc) is 3.06. The van der Waals surface area contributed by atoms with E-state index >= 15 is 0 Å². The van der Waals surface area contributed by atoms with Crippen LogP contribution in [0.5, 0.6) is 5.75 Å². The Morgan fingerprint density at radius 1 is 1.19 bits per heavy atom. The minimum Gasteiger partial charge on any atom is -0.496 e. The molecule has 1 unspecified atom stereocenters. The standard InChI is InChI=1S/C24H32N2O/c1-25(14-12-18-10-11-19-13-15-26(2)23(19)16-18)17-20-6-4-8-22-21(20)7-5-9-24(22)27-3/h5,7,9-11,16,20H,4,6,8,12-15,17H2,1-3H3. The summed E-state index contributed by atoms with van der Waals surface area (Å²) in [6, 6.07) is 13.6. The second-order valence-electron chi connectivity index (χ2n) is 8.26. The molecule has 1 aliphatic heterocycles. The first-order valence-electron chi connectivity index (χ1n) is 10.3. The van der Waals surface area contributed by atoms with Crippen LogP contribution in [0.4, 0.5) is 5.69 Å². The quantitative estimate of drug-likeness (QED) is 0.761. The van der Waals surface area contributed by atoms with Gasteiger partial charge in [-0.1, -0.05) is 24.3 Å². The molecule has 3 heteroatoms. The Kier molecular flexibility index (Phi) is 5.40. The Bertz CT molecular complexity index is 801. The molecule has 0 aromatic heterocycles. The highest BCUT2D eigenvalue weighted by Crippen LogP contribution is 2.37. The van der Waals surface area contributed by atoms with E-state index in [1.54, 1.807) is 7.11 Å². The largest absolute Gasteiger partial charge is 0.496 e. The van der Waals surface area contributed by atoms with Crippen molar-refractivity contribution in [1.29, 1.82) is 0 Å². The van der Waals surface area contributed by atoms with E-state index in [9.17, 15) is 0 Å². The summed E-state index contributed by atoms with van der Waals surface area (Å²) in [5.41, 5.74) is 7.34. The van der Waals surface area contributed by atoms with Crippen LogP contribution in [0.15, 0.2) is 36.4 Å². The van der Waals surface area contributed by atoms with E-state index < -0.39 is 0 Å². The van der Waals surface area contributed by atoms with Gasteiger partial charge in [0.2, 0.25) is 0 Å². The lowest BCUT2D eigenvalue weighted by molar-refractivity contribution is 0.299. The van der Waals surface area contributed by atoms with Crippen molar-refractivity contribution < 1.29 is 4.74 Å². The van der Waals surface area contributed by atoms with Crippen molar-refractivity contribution in [2.75, 3.05) is 45.7 Å². The van der Waals surface area contributed by atoms with Gasteiger partial charge in [-0.2, -0.15) is 0 Å². The molecule has 4 rings (SSSR count). The van der Waals surface area contributed by atoms with E-state index in [1.165, 1.54) is 47.2 Å². The Labute approximate surface area is 163 Å². The molecule has 1 aliphatic carbocycles. The molecule has 0 spiro atoms. The molecule has 144 valence electrons. The summed E-state index contributed by atoms with van der Waals surface area (Å²) in [5, 5.41) is 0. The second kappa shape index (κ2) is 7.93. The molecule has 2 aliphatic rings. The van der Waals surface area contributed by atoms with Crippen LogP contribution in [0.1, 0.15) is 41.0 Å². The third-order valence-electron chi connectivity index (χ3n) is 6.40. The van der Waals surface area contributed by atoms with Crippen LogP contribution in [0.25, 0.3) is 0 Å². The maximum Gasteiger partial charge on any atom is 0.122 e. The molecule has 3 nitrogen and oxygen atoms in total. The third kappa shape index (κ3) is 3.84. The summed E-state index contributed by atoms with van der Waals surface area (Å²) >= 11 is 0. The summed E-state index contributed by atoms with van der Waals surface area (Å²) in [4.78, 5) is 4.89. The molecule has 0 bridgehead atoms. The highest BCUT2D eigenvalue weighted by atomic mass is 16.5. The molecule has 2 aromatic rings. The van der Waals surface area contributed by atoms with Gasteiger partial charge in [0, 0.05) is 32.4 Å². The lowest BCUT2D eigenvalue weighted by Crippen LogP contribution is -2.28. The lowest BCUT2D eigenvalue weighted by atomic mass is 9.82. The molecule has 1 heterocycles. The van der Waals surface area contributed by atoms with Crippen LogP contribution >= 0.6 is 0 Å². The van der Waals surface area contributed by atoms with Gasteiger partial charge in [-0.15, -0.1) is 0 Å². The average molecular weight is 365 g/mol. The van der Waals surface area contributed by atoms with Gasteiger partial charge in [-0.05, 0) is 79.5 Å². The second-order valence-corrected chi connectivity index (χ2v) is 8.26. The van der Waals surface area contributed by atoms with Gasteiger partial charge >= 0.3 is 0 Å². The van der Waals surface area contributed by atoms with Crippen molar-refractivity contribution in [3.05, 3.63) is 58.7 Å². The molecular weight excluding hydrogens is 332 g/mol. The fraction of sp³-hybridized carbons (Fsp3) is 0.500. The molecule has 0 amide bonds. The molecule has 0 fully saturated rings. The number of hydrogen-bond acceptors (Lipinski definition) is 3. The molecule has 1 atom stereocenters. The predicted octanol–water partition coefficient (Wildman–Crippen LogP) is 4.28. The van der Waals surface area contributed by atoms with Gasteiger partial charge in [0.15, 0.2) is 0 Å². The zero-order valence-electron chi connectivity index (χ0n) is 17.0. The first-order chi connectivity index (χ1) is 13.2. The Morgan fingerprint density at radius 2 is 2.07 bits per heavy atom. The van der Waals surface area contributed by atoms with Crippen molar-refractivity contribution in [2.24, 2.45) is 0 Å². The maximum absolute atomic E-state index is 5.60. The first kappa shape index (κ1) is 18.4. The van der Waals surface area contributed by atoms with E-state index in [2.05, 4.69) is 60.3 Å². The van der Waals surface area contributed by atoms with Crippen molar-refractivity contribution in [3.8, 4) is 5.75 Å². The number of methoxy groups -OCH3 is 1. The Morgan fingerprint density at radius 3 is 2.93 bits per heavy atom. The molecular formula is C24H32N2O. The van der Waals surface area contributed by atoms with Crippen molar-refractivity contribution in [2.45, 2.75) is 38.0 Å². The number of benzene rings is 2. The number of fused-ring (bicyclic) bond motifs is 2. The minimum absolute atomic E-state index is 0.625. The number of likely N-dealkylation sites (N-methyl/N-ethyl adjacent to an activating group) is 2. The summed E-state index contributed by atoms with van der Waals surface area (Å²) < 4.78 is 5.60. The van der Waals surface area contributed by atoms with E-state index in [0.717, 1.165) is 38.2 Å². The number of anilines is 1. The zero-order chi connectivity index (χ0) is 18.8. The van der Waals surface area contributed by atoms with Crippen LogP contribution in [0.3, 0.4) is 0 Å². The fourth-order valence-corrected chi connectivity index (χ4v) is 4.82. The van der Waals surface area contributed by atoms with Gasteiger partial charge in [-0.3, -0.25) is 0 Å². The van der Waals surface area contributed by atoms with Gasteiger partial charge in [0.05, 0.1) is 7.11 Å². The normalized spacial score (nSPS) is 18.5. The van der Waals surface area contributed by atoms with Crippen LogP contribution in [0, 0.1) is 0 Å². The van der Waals surface area contributed by atoms with Crippen LogP contribution < -0.4 is 9.64 Å². The van der Waals surface area contributed by atoms with Gasteiger partial charge in [0.1, 0.15) is 5.75 Å². The first-order valence-corrected chi connectivity index (χ1v) is 10.3. The number of nitrogens with zero attached hydrogens (tertiary/aromatic N) is 2. The van der Waals surface area contributed by atoms with Crippen molar-refractivity contribution in [1.82, 2.24) is 4.90 Å². The van der Waals surface area contributed by atoms with Crippen LogP contribution in [-0.2, 0) is 19.3 Å². The minimum atomic E-state index is 0.625. The van der Waals surface area contributed by atoms with E-state index in [4.69, 9.17) is 4.74 Å². The molecule has 2 aromatic carbocycles. The van der Waals surface area contributed by atoms with Crippen molar-refractivity contribution in [3.63, 3.8) is 0 Å². The summed E-state index contributed by atoms with van der Waals surface area (Å²) in [5.74, 6) is 1.70. The van der Waals surface area contributed by atoms with E-state index in [0.29, 0.717) is 5.92 Å². The van der Waals surface area contributed by atoms with Gasteiger partial charge < -0.3 is 14.5 Å². The van der Waals surface area contributed by atoms with Crippen LogP contribution in [0.2, 0.25) is 0 Å². The lowest BCUT2D eigenvalue weighted by Gasteiger charge is -2.30. The smallest absolute Gasteiger partial charge is 0.122 e. The molecule has 0 radical (unpaired) electrons. The van der Waals surface area contributed by atoms with Gasteiger partial charge in [-0.25, -0.2) is 0 Å². The number of hydrogen-bond donors (Lipinski definition) is 0. The topological polar surface area (TPSA) is 15.7 Å². The third-order valence-corrected chi connectivity index (χ3v) is 6.40. The fourth-order valence-electron chi connectivity index (χ4n) is 4.82. The Hall–Kier alpha value is -2.00. The van der Waals surface area contributed by atoms with E-state index in [1.807, 2.05) is 0 Å². The summed E-state index contributed by atoms with van der Waals surface area (Å²) in [7, 11) is 6.27.